The molecule has 0 saturated carbocycles. The molecule has 2 aromatic carbocycles. The second-order valence-electron chi connectivity index (χ2n) is 7.24. The first-order valence-corrected chi connectivity index (χ1v) is 9.14. The molecule has 0 spiro atoms. The molecule has 5 nitrogen and oxygen atoms in total. The van der Waals surface area contributed by atoms with Crippen LogP contribution in [0.3, 0.4) is 0 Å². The van der Waals surface area contributed by atoms with Crippen molar-refractivity contribution in [3.05, 3.63) is 71.5 Å². The average Bonchev–Trinajstić information content (AvgIpc) is 2.97. The molecule has 2 heterocycles. The lowest BCUT2D eigenvalue weighted by Gasteiger charge is -2.40. The van der Waals surface area contributed by atoms with Gasteiger partial charge in [0.25, 0.3) is 0 Å². The summed E-state index contributed by atoms with van der Waals surface area (Å²) in [5.41, 5.74) is 1.51. The molecule has 2 fully saturated rings. The van der Waals surface area contributed by atoms with E-state index >= 15 is 0 Å². The normalized spacial score (nSPS) is 22.4. The third-order valence-corrected chi connectivity index (χ3v) is 5.39. The first-order valence-electron chi connectivity index (χ1n) is 9.14. The van der Waals surface area contributed by atoms with Gasteiger partial charge in [0, 0.05) is 32.1 Å². The zero-order valence-electron chi connectivity index (χ0n) is 15.2. The molecule has 6 heteroatoms. The highest BCUT2D eigenvalue weighted by Crippen LogP contribution is 2.28. The van der Waals surface area contributed by atoms with Crippen LogP contribution in [0.1, 0.15) is 11.1 Å². The number of hydrogen-bond donors (Lipinski definition) is 0. The fourth-order valence-corrected chi connectivity index (χ4v) is 4.04. The van der Waals surface area contributed by atoms with Crippen LogP contribution >= 0.6 is 0 Å². The van der Waals surface area contributed by atoms with Gasteiger partial charge in [-0.3, -0.25) is 4.79 Å². The van der Waals surface area contributed by atoms with Crippen LogP contribution in [0.15, 0.2) is 54.6 Å². The monoisotopic (exact) mass is 367 g/mol. The Morgan fingerprint density at radius 3 is 2.44 bits per heavy atom. The zero-order chi connectivity index (χ0) is 19.0. The lowest BCUT2D eigenvalue weighted by atomic mass is 9.99. The maximum Gasteiger partial charge on any atom is 0.321 e. The fourth-order valence-electron chi connectivity index (χ4n) is 4.04. The summed E-state index contributed by atoms with van der Waals surface area (Å²) in [6.45, 7) is 1.22. The van der Waals surface area contributed by atoms with E-state index < -0.39 is 6.04 Å². The van der Waals surface area contributed by atoms with Crippen LogP contribution in [0, 0.1) is 5.82 Å². The largest absolute Gasteiger partial charge is 0.342 e. The Kier molecular flexibility index (Phi) is 4.56. The highest BCUT2D eigenvalue weighted by atomic mass is 19.1. The number of piperazine rings is 1. The van der Waals surface area contributed by atoms with Crippen molar-refractivity contribution in [1.29, 1.82) is 0 Å². The van der Waals surface area contributed by atoms with Crippen LogP contribution < -0.4 is 0 Å². The molecule has 140 valence electrons. The topological polar surface area (TPSA) is 43.9 Å². The Balaban J connectivity index is 1.58. The molecule has 2 aliphatic rings. The second-order valence-corrected chi connectivity index (χ2v) is 7.24. The molecule has 0 radical (unpaired) electrons. The Labute approximate surface area is 158 Å². The third kappa shape index (κ3) is 3.27. The summed E-state index contributed by atoms with van der Waals surface area (Å²) >= 11 is 0. The number of amides is 3. The van der Waals surface area contributed by atoms with E-state index in [4.69, 9.17) is 0 Å². The standard InChI is InChI=1S/C21H22FN3O2/c1-23-13-17-14-24(12-16-9-5-6-10-18(16)22)21(27)25(17)19(20(23)26)11-15-7-3-2-4-8-15/h2-10,17,19H,11-14H2,1H3/t17-,19+/m1/s1. The second kappa shape index (κ2) is 7.02. The number of carbonyl (C=O) groups is 2. The van der Waals surface area contributed by atoms with Gasteiger partial charge in [0.1, 0.15) is 11.9 Å². The van der Waals surface area contributed by atoms with Gasteiger partial charge in [-0.2, -0.15) is 0 Å². The maximum absolute atomic E-state index is 14.0. The van der Waals surface area contributed by atoms with Gasteiger partial charge in [-0.25, -0.2) is 9.18 Å². The van der Waals surface area contributed by atoms with Crippen LogP contribution in [0.4, 0.5) is 9.18 Å². The first kappa shape index (κ1) is 17.5. The van der Waals surface area contributed by atoms with Crippen LogP contribution in [-0.4, -0.2) is 58.9 Å². The van der Waals surface area contributed by atoms with Gasteiger partial charge in [0.15, 0.2) is 0 Å². The Morgan fingerprint density at radius 2 is 1.70 bits per heavy atom. The molecular weight excluding hydrogens is 345 g/mol. The van der Waals surface area contributed by atoms with Gasteiger partial charge in [-0.05, 0) is 11.6 Å². The molecular formula is C21H22FN3O2. The van der Waals surface area contributed by atoms with E-state index in [0.717, 1.165) is 5.56 Å². The zero-order valence-corrected chi connectivity index (χ0v) is 15.2. The number of nitrogens with zero attached hydrogens (tertiary/aromatic N) is 3. The number of urea groups is 1. The number of halogens is 1. The van der Waals surface area contributed by atoms with Crippen molar-refractivity contribution in [1.82, 2.24) is 14.7 Å². The van der Waals surface area contributed by atoms with E-state index in [1.165, 1.54) is 6.07 Å². The van der Waals surface area contributed by atoms with E-state index in [2.05, 4.69) is 0 Å². The molecule has 4 rings (SSSR count). The van der Waals surface area contributed by atoms with E-state index in [9.17, 15) is 14.0 Å². The summed E-state index contributed by atoms with van der Waals surface area (Å²) in [5, 5.41) is 0. The lowest BCUT2D eigenvalue weighted by Crippen LogP contribution is -2.60. The van der Waals surface area contributed by atoms with Crippen LogP contribution in [-0.2, 0) is 17.8 Å². The van der Waals surface area contributed by atoms with E-state index in [0.29, 0.717) is 25.1 Å². The smallest absolute Gasteiger partial charge is 0.321 e. The first-order chi connectivity index (χ1) is 13.0. The number of carbonyl (C=O) groups excluding carboxylic acids is 2. The van der Waals surface area contributed by atoms with Crippen molar-refractivity contribution < 1.29 is 14.0 Å². The molecule has 0 unspecified atom stereocenters. The Bertz CT molecular complexity index is 858. The summed E-state index contributed by atoms with van der Waals surface area (Å²) in [4.78, 5) is 30.9. The van der Waals surface area contributed by atoms with Crippen molar-refractivity contribution in [2.75, 3.05) is 20.1 Å². The summed E-state index contributed by atoms with van der Waals surface area (Å²) in [6.07, 6.45) is 0.486. The molecule has 0 aromatic heterocycles. The highest BCUT2D eigenvalue weighted by Gasteiger charge is 2.48. The minimum atomic E-state index is -0.519. The van der Waals surface area contributed by atoms with Crippen molar-refractivity contribution in [2.24, 2.45) is 0 Å². The number of benzene rings is 2. The molecule has 0 N–H and O–H groups in total. The Morgan fingerprint density at radius 1 is 1.00 bits per heavy atom. The number of rotatable bonds is 4. The van der Waals surface area contributed by atoms with Crippen LogP contribution in [0.2, 0.25) is 0 Å². The van der Waals surface area contributed by atoms with E-state index in [1.54, 1.807) is 39.9 Å². The summed E-state index contributed by atoms with van der Waals surface area (Å²) in [7, 11) is 1.78. The summed E-state index contributed by atoms with van der Waals surface area (Å²) in [5.74, 6) is -0.361. The number of likely N-dealkylation sites (N-methyl/N-ethyl adjacent to an activating group) is 1. The van der Waals surface area contributed by atoms with Crippen molar-refractivity contribution in [3.8, 4) is 0 Å². The third-order valence-electron chi connectivity index (χ3n) is 5.39. The van der Waals surface area contributed by atoms with E-state index in [1.807, 2.05) is 30.3 Å². The van der Waals surface area contributed by atoms with Crippen molar-refractivity contribution in [3.63, 3.8) is 0 Å². The molecule has 2 atom stereocenters. The quantitative estimate of drug-likeness (QED) is 0.834. The van der Waals surface area contributed by atoms with Gasteiger partial charge >= 0.3 is 6.03 Å². The molecule has 2 aromatic rings. The van der Waals surface area contributed by atoms with Gasteiger partial charge in [0.05, 0.1) is 12.6 Å². The maximum atomic E-state index is 14.0. The molecule has 2 aliphatic heterocycles. The van der Waals surface area contributed by atoms with Gasteiger partial charge < -0.3 is 14.7 Å². The summed E-state index contributed by atoms with van der Waals surface area (Å²) in [6, 6.07) is 15.4. The summed E-state index contributed by atoms with van der Waals surface area (Å²) < 4.78 is 14.0. The molecule has 3 amide bonds. The minimum Gasteiger partial charge on any atom is -0.342 e. The van der Waals surface area contributed by atoms with Crippen LogP contribution in [0.25, 0.3) is 0 Å². The molecule has 0 aliphatic carbocycles. The Hall–Kier alpha value is -2.89. The molecule has 27 heavy (non-hydrogen) atoms. The number of hydrogen-bond acceptors (Lipinski definition) is 2. The van der Waals surface area contributed by atoms with Gasteiger partial charge in [-0.1, -0.05) is 48.5 Å². The highest BCUT2D eigenvalue weighted by molar-refractivity contribution is 5.90. The van der Waals surface area contributed by atoms with Crippen LogP contribution in [0.5, 0.6) is 0 Å². The number of fused-ring (bicyclic) bond motifs is 1. The SMILES string of the molecule is CN1C[C@@H]2CN(Cc3ccccc3F)C(=O)N2[C@@H](Cc2ccccc2)C1=O. The van der Waals surface area contributed by atoms with Crippen molar-refractivity contribution >= 4 is 11.9 Å². The predicted octanol–water partition coefficient (Wildman–Crippen LogP) is 2.52. The predicted molar refractivity (Wildman–Crippen MR) is 99.4 cm³/mol. The average molecular weight is 367 g/mol. The van der Waals surface area contributed by atoms with Gasteiger partial charge in [0.2, 0.25) is 5.91 Å². The van der Waals surface area contributed by atoms with E-state index in [-0.39, 0.29) is 30.3 Å². The van der Waals surface area contributed by atoms with Gasteiger partial charge in [-0.15, -0.1) is 0 Å². The molecule has 0 bridgehead atoms. The van der Waals surface area contributed by atoms with Crippen molar-refractivity contribution in [2.45, 2.75) is 25.0 Å². The lowest BCUT2D eigenvalue weighted by molar-refractivity contribution is -0.139. The fraction of sp³-hybridized carbons (Fsp3) is 0.333. The molecule has 2 saturated heterocycles. The minimum absolute atomic E-state index is 0.0452.